The van der Waals surface area contributed by atoms with Gasteiger partial charge >= 0.3 is 0 Å². The van der Waals surface area contributed by atoms with Crippen LogP contribution in [-0.4, -0.2) is 23.6 Å². The third-order valence-electron chi connectivity index (χ3n) is 9.75. The van der Waals surface area contributed by atoms with Gasteiger partial charge in [0, 0.05) is 5.56 Å². The van der Waals surface area contributed by atoms with Crippen LogP contribution in [-0.2, 0) is 19.2 Å². The van der Waals surface area contributed by atoms with Crippen molar-refractivity contribution in [3.63, 3.8) is 0 Å². The van der Waals surface area contributed by atoms with E-state index in [-0.39, 0.29) is 71.0 Å². The van der Waals surface area contributed by atoms with E-state index in [9.17, 15) is 19.2 Å². The fraction of sp³-hybridized carbons (Fsp3) is 0.294. The first-order valence-electron chi connectivity index (χ1n) is 14.0. The zero-order chi connectivity index (χ0) is 27.1. The molecule has 0 spiro atoms. The molecular formula is C34H26N2O4. The van der Waals surface area contributed by atoms with Gasteiger partial charge in [-0.3, -0.25) is 19.2 Å². The summed E-state index contributed by atoms with van der Waals surface area (Å²) in [5.41, 5.74) is 2.71. The second-order valence-electron chi connectivity index (χ2n) is 11.8. The van der Waals surface area contributed by atoms with Crippen molar-refractivity contribution in [1.82, 2.24) is 0 Å². The van der Waals surface area contributed by atoms with Crippen molar-refractivity contribution in [2.45, 2.75) is 12.8 Å². The number of allylic oxidation sites excluding steroid dienone is 5. The number of imide groups is 2. The molecule has 4 aliphatic carbocycles. The Morgan fingerprint density at radius 1 is 0.625 bits per heavy atom. The fourth-order valence-electron chi connectivity index (χ4n) is 8.07. The molecule has 6 heteroatoms. The molecule has 4 fully saturated rings. The van der Waals surface area contributed by atoms with Gasteiger partial charge in [0.2, 0.25) is 23.6 Å². The lowest BCUT2D eigenvalue weighted by molar-refractivity contribution is -0.124. The number of rotatable bonds is 3. The predicted octanol–water partition coefficient (Wildman–Crippen LogP) is 4.37. The van der Waals surface area contributed by atoms with Gasteiger partial charge in [-0.1, -0.05) is 54.3 Å². The van der Waals surface area contributed by atoms with Crippen LogP contribution in [0, 0.1) is 59.2 Å². The lowest BCUT2D eigenvalue weighted by Crippen LogP contribution is -2.32. The monoisotopic (exact) mass is 526 g/mol. The molecule has 6 aliphatic rings. The van der Waals surface area contributed by atoms with E-state index in [1.165, 1.54) is 9.80 Å². The Morgan fingerprint density at radius 2 is 1.10 bits per heavy atom. The van der Waals surface area contributed by atoms with Crippen molar-refractivity contribution in [1.29, 1.82) is 0 Å². The molecule has 0 aromatic heterocycles. The van der Waals surface area contributed by atoms with Crippen LogP contribution in [0.15, 0.2) is 78.9 Å². The van der Waals surface area contributed by atoms with Gasteiger partial charge in [0.25, 0.3) is 0 Å². The van der Waals surface area contributed by atoms with Crippen molar-refractivity contribution in [2.24, 2.45) is 47.3 Å². The maximum absolute atomic E-state index is 13.2. The smallest absolute Gasteiger partial charge is 0.238 e. The second-order valence-corrected chi connectivity index (χ2v) is 11.8. The lowest BCUT2D eigenvalue weighted by atomic mass is 9.85. The summed E-state index contributed by atoms with van der Waals surface area (Å²) in [4.78, 5) is 55.3. The van der Waals surface area contributed by atoms with E-state index in [1.54, 1.807) is 24.3 Å². The minimum absolute atomic E-state index is 0.0878. The number of hydrogen-bond acceptors (Lipinski definition) is 4. The Kier molecular flexibility index (Phi) is 4.97. The molecule has 2 saturated carbocycles. The van der Waals surface area contributed by atoms with Gasteiger partial charge < -0.3 is 0 Å². The van der Waals surface area contributed by atoms with E-state index in [0.29, 0.717) is 16.9 Å². The fourth-order valence-corrected chi connectivity index (χ4v) is 8.07. The molecule has 0 N–H and O–H groups in total. The van der Waals surface area contributed by atoms with E-state index in [0.717, 1.165) is 18.4 Å². The minimum atomic E-state index is -0.228. The highest BCUT2D eigenvalue weighted by Crippen LogP contribution is 2.54. The highest BCUT2D eigenvalue weighted by molar-refractivity contribution is 6.23. The van der Waals surface area contributed by atoms with Gasteiger partial charge in [-0.05, 0) is 84.6 Å². The van der Waals surface area contributed by atoms with Crippen LogP contribution in [0.5, 0.6) is 0 Å². The summed E-state index contributed by atoms with van der Waals surface area (Å²) in [5, 5.41) is 0. The molecule has 2 aromatic rings. The Hall–Kier alpha value is -4.50. The number of fused-ring (bicyclic) bond motifs is 10. The molecule has 6 nitrogen and oxygen atoms in total. The zero-order valence-corrected chi connectivity index (χ0v) is 21.6. The topological polar surface area (TPSA) is 74.8 Å². The van der Waals surface area contributed by atoms with E-state index >= 15 is 0 Å². The zero-order valence-electron chi connectivity index (χ0n) is 21.6. The lowest BCUT2D eigenvalue weighted by Gasteiger charge is -2.17. The summed E-state index contributed by atoms with van der Waals surface area (Å²) < 4.78 is 0. The van der Waals surface area contributed by atoms with Crippen molar-refractivity contribution in [2.75, 3.05) is 9.80 Å². The molecule has 40 heavy (non-hydrogen) atoms. The first kappa shape index (κ1) is 23.4. The number of amides is 4. The van der Waals surface area contributed by atoms with Crippen LogP contribution in [0.1, 0.15) is 24.0 Å². The largest absolute Gasteiger partial charge is 0.274 e. The maximum atomic E-state index is 13.2. The Balaban J connectivity index is 0.987. The Bertz CT molecular complexity index is 1610. The number of benzene rings is 2. The highest BCUT2D eigenvalue weighted by Gasteiger charge is 2.60. The van der Waals surface area contributed by atoms with Crippen molar-refractivity contribution < 1.29 is 19.2 Å². The van der Waals surface area contributed by atoms with E-state index in [2.05, 4.69) is 36.1 Å². The molecule has 2 aliphatic heterocycles. The number of carbonyl (C=O) groups is 4. The molecule has 4 bridgehead atoms. The minimum Gasteiger partial charge on any atom is -0.274 e. The molecule has 2 aromatic carbocycles. The third-order valence-corrected chi connectivity index (χ3v) is 9.75. The predicted molar refractivity (Wildman–Crippen MR) is 149 cm³/mol. The average molecular weight is 527 g/mol. The average Bonchev–Trinajstić information content (AvgIpc) is 3.80. The molecule has 0 radical (unpaired) electrons. The number of carbonyl (C=O) groups excluding carboxylic acids is 4. The van der Waals surface area contributed by atoms with Crippen LogP contribution in [0.25, 0.3) is 6.08 Å². The summed E-state index contributed by atoms with van der Waals surface area (Å²) in [5.74, 6) is 5.57. The quantitative estimate of drug-likeness (QED) is 0.338. The Morgan fingerprint density at radius 3 is 1.62 bits per heavy atom. The molecule has 196 valence electrons. The van der Waals surface area contributed by atoms with Crippen LogP contribution >= 0.6 is 0 Å². The standard InChI is InChI=1S/C34H26N2O4/c37-31-27-21-11-12-22(17-21)28(27)32(38)35(31)25-9-3-7-19(15-25)5-1-2-6-20-8-4-10-26(16-20)36-33(39)29-23-13-14-24(18-23)30(29)34(36)40/h1,3-5,7-16,21-24,27-30H,17-18H2/b5-1+/t21-,22-,23-,24-,27-,28-,29-,30+/m0/s1. The molecule has 0 unspecified atom stereocenters. The van der Waals surface area contributed by atoms with Crippen molar-refractivity contribution in [3.8, 4) is 11.8 Å². The van der Waals surface area contributed by atoms with Crippen LogP contribution < -0.4 is 9.80 Å². The van der Waals surface area contributed by atoms with Gasteiger partial charge in [-0.25, -0.2) is 9.80 Å². The second kappa shape index (κ2) is 8.50. The van der Waals surface area contributed by atoms with Gasteiger partial charge in [-0.2, -0.15) is 0 Å². The van der Waals surface area contributed by atoms with Gasteiger partial charge in [0.1, 0.15) is 0 Å². The third kappa shape index (κ3) is 3.24. The number of hydrogen-bond donors (Lipinski definition) is 0. The summed E-state index contributed by atoms with van der Waals surface area (Å²) in [7, 11) is 0. The van der Waals surface area contributed by atoms with E-state index in [1.807, 2.05) is 36.4 Å². The number of anilines is 2. The van der Waals surface area contributed by atoms with Gasteiger partial charge in [-0.15, -0.1) is 0 Å². The van der Waals surface area contributed by atoms with Gasteiger partial charge in [0.15, 0.2) is 0 Å². The highest BCUT2D eigenvalue weighted by atomic mass is 16.2. The molecule has 8 rings (SSSR count). The van der Waals surface area contributed by atoms with Crippen LogP contribution in [0.4, 0.5) is 11.4 Å². The van der Waals surface area contributed by atoms with Crippen LogP contribution in [0.2, 0.25) is 0 Å². The Labute approximate surface area is 232 Å². The first-order valence-corrected chi connectivity index (χ1v) is 14.0. The molecule has 8 atom stereocenters. The molecular weight excluding hydrogens is 500 g/mol. The summed E-state index contributed by atoms with van der Waals surface area (Å²) in [6.07, 6.45) is 13.8. The maximum Gasteiger partial charge on any atom is 0.238 e. The SMILES string of the molecule is O=C1[C@@H]2[C@@H](C(=O)N1c1cccc(/C=C/C#Cc3cccc(N4C(=O)[C@@H]5[C@H](C4=O)[C@H]4C=C[C@H]5C4)c3)c1)[C@H]1C=C[C@H]2C1. The molecule has 4 amide bonds. The summed E-state index contributed by atoms with van der Waals surface area (Å²) in [6, 6.07) is 14.6. The van der Waals surface area contributed by atoms with Crippen LogP contribution in [0.3, 0.4) is 0 Å². The van der Waals surface area contributed by atoms with Crippen molar-refractivity contribution in [3.05, 3.63) is 90.0 Å². The summed E-state index contributed by atoms with van der Waals surface area (Å²) in [6.45, 7) is 0. The normalized spacial score (nSPS) is 34.4. The van der Waals surface area contributed by atoms with Gasteiger partial charge in [0.05, 0.1) is 35.0 Å². The molecule has 2 heterocycles. The first-order chi connectivity index (χ1) is 19.5. The number of nitrogens with zero attached hydrogens (tertiary/aromatic N) is 2. The van der Waals surface area contributed by atoms with Crippen molar-refractivity contribution >= 4 is 41.1 Å². The molecule has 2 saturated heterocycles. The van der Waals surface area contributed by atoms with E-state index in [4.69, 9.17) is 0 Å². The summed E-state index contributed by atoms with van der Waals surface area (Å²) >= 11 is 0. The van der Waals surface area contributed by atoms with E-state index < -0.39 is 0 Å².